The monoisotopic (exact) mass is 371 g/mol. The van der Waals surface area contributed by atoms with E-state index in [4.69, 9.17) is 0 Å². The van der Waals surface area contributed by atoms with E-state index in [1.54, 1.807) is 16.7 Å². The number of carbonyl (C=O) groups is 3. The Labute approximate surface area is 160 Å². The molecule has 1 aliphatic heterocycles. The molecule has 1 aliphatic carbocycles. The minimum absolute atomic E-state index is 0.0185. The van der Waals surface area contributed by atoms with Crippen molar-refractivity contribution in [1.29, 1.82) is 0 Å². The van der Waals surface area contributed by atoms with E-state index >= 15 is 0 Å². The van der Waals surface area contributed by atoms with Gasteiger partial charge in [-0.05, 0) is 30.2 Å². The molecule has 146 valence electrons. The Morgan fingerprint density at radius 3 is 2.26 bits per heavy atom. The lowest BCUT2D eigenvalue weighted by Crippen LogP contribution is -2.50. The van der Waals surface area contributed by atoms with E-state index in [-0.39, 0.29) is 23.6 Å². The SMILES string of the molecule is CC(=O)N1CCN(C(=O)CCNC(=O)CC(c2ccccc2)C2CC2)CC1. The summed E-state index contributed by atoms with van der Waals surface area (Å²) >= 11 is 0. The third-order valence-corrected chi connectivity index (χ3v) is 5.56. The van der Waals surface area contributed by atoms with Gasteiger partial charge in [-0.15, -0.1) is 0 Å². The maximum absolute atomic E-state index is 12.4. The highest BCUT2D eigenvalue weighted by atomic mass is 16.2. The zero-order valence-electron chi connectivity index (χ0n) is 16.0. The lowest BCUT2D eigenvalue weighted by molar-refractivity contribution is -0.138. The van der Waals surface area contributed by atoms with Crippen molar-refractivity contribution in [2.75, 3.05) is 32.7 Å². The van der Waals surface area contributed by atoms with Crippen LogP contribution in [-0.2, 0) is 14.4 Å². The number of nitrogens with one attached hydrogen (secondary N) is 1. The lowest BCUT2D eigenvalue weighted by Gasteiger charge is -2.34. The van der Waals surface area contributed by atoms with Gasteiger partial charge in [0.2, 0.25) is 17.7 Å². The van der Waals surface area contributed by atoms with Gasteiger partial charge in [0.05, 0.1) is 0 Å². The zero-order chi connectivity index (χ0) is 19.2. The van der Waals surface area contributed by atoms with Crippen molar-refractivity contribution >= 4 is 17.7 Å². The minimum atomic E-state index is 0.0185. The van der Waals surface area contributed by atoms with Gasteiger partial charge in [-0.1, -0.05) is 30.3 Å². The van der Waals surface area contributed by atoms with Gasteiger partial charge in [-0.25, -0.2) is 0 Å². The van der Waals surface area contributed by atoms with Crippen molar-refractivity contribution in [3.8, 4) is 0 Å². The van der Waals surface area contributed by atoms with Gasteiger partial charge in [0, 0.05) is 52.5 Å². The van der Waals surface area contributed by atoms with E-state index in [1.807, 2.05) is 18.2 Å². The molecule has 1 aromatic rings. The van der Waals surface area contributed by atoms with E-state index in [2.05, 4.69) is 17.4 Å². The van der Waals surface area contributed by atoms with Crippen molar-refractivity contribution in [3.63, 3.8) is 0 Å². The molecule has 1 saturated carbocycles. The topological polar surface area (TPSA) is 69.7 Å². The molecule has 1 atom stereocenters. The first kappa shape index (κ1) is 19.4. The molecule has 0 aromatic heterocycles. The molecule has 6 heteroatoms. The smallest absolute Gasteiger partial charge is 0.224 e. The predicted molar refractivity (Wildman–Crippen MR) is 103 cm³/mol. The summed E-state index contributed by atoms with van der Waals surface area (Å²) < 4.78 is 0. The van der Waals surface area contributed by atoms with E-state index < -0.39 is 0 Å². The highest BCUT2D eigenvalue weighted by Crippen LogP contribution is 2.44. The van der Waals surface area contributed by atoms with Crippen LogP contribution < -0.4 is 5.32 Å². The van der Waals surface area contributed by atoms with Gasteiger partial charge in [0.1, 0.15) is 0 Å². The fraction of sp³-hybridized carbons (Fsp3) is 0.571. The van der Waals surface area contributed by atoms with E-state index in [0.29, 0.717) is 51.5 Å². The Morgan fingerprint density at radius 2 is 1.67 bits per heavy atom. The summed E-state index contributed by atoms with van der Waals surface area (Å²) in [4.78, 5) is 39.5. The highest BCUT2D eigenvalue weighted by molar-refractivity contribution is 5.80. The molecule has 3 rings (SSSR count). The molecule has 2 aliphatic rings. The number of piperazine rings is 1. The number of rotatable bonds is 7. The second kappa shape index (κ2) is 9.02. The molecule has 2 fully saturated rings. The number of benzene rings is 1. The number of hydrogen-bond acceptors (Lipinski definition) is 3. The van der Waals surface area contributed by atoms with Crippen molar-refractivity contribution in [3.05, 3.63) is 35.9 Å². The molecule has 1 heterocycles. The first-order valence-corrected chi connectivity index (χ1v) is 9.89. The molecule has 1 N–H and O–H groups in total. The maximum Gasteiger partial charge on any atom is 0.224 e. The van der Waals surface area contributed by atoms with Crippen LogP contribution in [0, 0.1) is 5.92 Å². The van der Waals surface area contributed by atoms with E-state index in [0.717, 1.165) is 0 Å². The molecule has 6 nitrogen and oxygen atoms in total. The first-order chi connectivity index (χ1) is 13.0. The van der Waals surface area contributed by atoms with Crippen LogP contribution in [-0.4, -0.2) is 60.2 Å². The Hall–Kier alpha value is -2.37. The maximum atomic E-state index is 12.4. The molecule has 0 spiro atoms. The first-order valence-electron chi connectivity index (χ1n) is 9.89. The van der Waals surface area contributed by atoms with E-state index in [9.17, 15) is 14.4 Å². The van der Waals surface area contributed by atoms with Crippen molar-refractivity contribution in [1.82, 2.24) is 15.1 Å². The number of hydrogen-bond donors (Lipinski definition) is 1. The number of amides is 3. The Kier molecular flexibility index (Phi) is 6.48. The summed E-state index contributed by atoms with van der Waals surface area (Å²) in [5, 5.41) is 2.91. The van der Waals surface area contributed by atoms with Crippen LogP contribution >= 0.6 is 0 Å². The number of carbonyl (C=O) groups excluding carboxylic acids is 3. The van der Waals surface area contributed by atoms with Crippen LogP contribution in [0.4, 0.5) is 0 Å². The molecule has 27 heavy (non-hydrogen) atoms. The van der Waals surface area contributed by atoms with Crippen LogP contribution in [0.1, 0.15) is 44.1 Å². The fourth-order valence-corrected chi connectivity index (χ4v) is 3.77. The van der Waals surface area contributed by atoms with Gasteiger partial charge in [-0.2, -0.15) is 0 Å². The van der Waals surface area contributed by atoms with Crippen molar-refractivity contribution < 1.29 is 14.4 Å². The van der Waals surface area contributed by atoms with Crippen LogP contribution in [0.3, 0.4) is 0 Å². The molecule has 0 radical (unpaired) electrons. The molecular weight excluding hydrogens is 342 g/mol. The zero-order valence-corrected chi connectivity index (χ0v) is 16.0. The Morgan fingerprint density at radius 1 is 1.04 bits per heavy atom. The second-order valence-corrected chi connectivity index (χ2v) is 7.55. The average molecular weight is 371 g/mol. The average Bonchev–Trinajstić information content (AvgIpc) is 3.52. The lowest BCUT2D eigenvalue weighted by atomic mass is 9.91. The summed E-state index contributed by atoms with van der Waals surface area (Å²) in [6.45, 7) is 4.25. The van der Waals surface area contributed by atoms with Gasteiger partial charge < -0.3 is 15.1 Å². The Bertz CT molecular complexity index is 665. The van der Waals surface area contributed by atoms with Gasteiger partial charge in [-0.3, -0.25) is 14.4 Å². The molecule has 1 unspecified atom stereocenters. The summed E-state index contributed by atoms with van der Waals surface area (Å²) in [5.41, 5.74) is 1.23. The van der Waals surface area contributed by atoms with Gasteiger partial charge >= 0.3 is 0 Å². The van der Waals surface area contributed by atoms with Gasteiger partial charge in [0.25, 0.3) is 0 Å². The van der Waals surface area contributed by atoms with Crippen LogP contribution in [0.2, 0.25) is 0 Å². The second-order valence-electron chi connectivity index (χ2n) is 7.55. The quantitative estimate of drug-likeness (QED) is 0.794. The molecule has 0 bridgehead atoms. The Balaban J connectivity index is 1.39. The summed E-state index contributed by atoms with van der Waals surface area (Å²) in [6, 6.07) is 10.2. The van der Waals surface area contributed by atoms with Crippen LogP contribution in [0.25, 0.3) is 0 Å². The van der Waals surface area contributed by atoms with Crippen LogP contribution in [0.5, 0.6) is 0 Å². The predicted octanol–water partition coefficient (Wildman–Crippen LogP) is 1.77. The van der Waals surface area contributed by atoms with E-state index in [1.165, 1.54) is 18.4 Å². The summed E-state index contributed by atoms with van der Waals surface area (Å²) in [5.74, 6) is 1.00. The van der Waals surface area contributed by atoms with Crippen molar-refractivity contribution in [2.45, 2.75) is 38.5 Å². The number of nitrogens with zero attached hydrogens (tertiary/aromatic N) is 2. The molecule has 3 amide bonds. The summed E-state index contributed by atoms with van der Waals surface area (Å²) in [6.07, 6.45) is 3.18. The van der Waals surface area contributed by atoms with Crippen molar-refractivity contribution in [2.24, 2.45) is 5.92 Å². The third kappa shape index (κ3) is 5.55. The third-order valence-electron chi connectivity index (χ3n) is 5.56. The highest BCUT2D eigenvalue weighted by Gasteiger charge is 2.33. The van der Waals surface area contributed by atoms with Gasteiger partial charge in [0.15, 0.2) is 0 Å². The summed E-state index contributed by atoms with van der Waals surface area (Å²) in [7, 11) is 0. The minimum Gasteiger partial charge on any atom is -0.356 e. The molecule has 1 saturated heterocycles. The fourth-order valence-electron chi connectivity index (χ4n) is 3.77. The van der Waals surface area contributed by atoms with Crippen LogP contribution in [0.15, 0.2) is 30.3 Å². The standard InChI is InChI=1S/C21H29N3O3/c1-16(25)23-11-13-24(14-12-23)21(27)9-10-22-20(26)15-19(18-7-8-18)17-5-3-2-4-6-17/h2-6,18-19H,7-15H2,1H3,(H,22,26). The molecule has 1 aromatic carbocycles. The largest absolute Gasteiger partial charge is 0.356 e. The normalized spacial score (nSPS) is 18.1. The molecular formula is C21H29N3O3.